The predicted molar refractivity (Wildman–Crippen MR) is 64.8 cm³/mol. The molecule has 0 aliphatic rings. The molecule has 0 atom stereocenters. The van der Waals surface area contributed by atoms with E-state index < -0.39 is 34.7 Å². The molecule has 2 aromatic rings. The van der Waals surface area contributed by atoms with E-state index in [-0.39, 0.29) is 16.7 Å². The van der Waals surface area contributed by atoms with Crippen LogP contribution < -0.4 is 4.74 Å². The Hall–Kier alpha value is -1.77. The summed E-state index contributed by atoms with van der Waals surface area (Å²) in [4.78, 5) is 14.3. The SMILES string of the molecule is CCOc1c(C(=O)O)oc2c(Br)cnc(C(F)(F)F)c12. The minimum absolute atomic E-state index is 0.0152. The summed E-state index contributed by atoms with van der Waals surface area (Å²) in [6.07, 6.45) is -3.86. The van der Waals surface area contributed by atoms with E-state index in [9.17, 15) is 18.0 Å². The van der Waals surface area contributed by atoms with Crippen LogP contribution in [0.5, 0.6) is 5.75 Å². The van der Waals surface area contributed by atoms with Crippen LogP contribution in [0.1, 0.15) is 23.2 Å². The number of pyridine rings is 1. The minimum atomic E-state index is -4.76. The number of alkyl halides is 3. The minimum Gasteiger partial charge on any atom is -0.489 e. The topological polar surface area (TPSA) is 72.6 Å². The third-order valence-corrected chi connectivity index (χ3v) is 2.94. The normalized spacial score (nSPS) is 11.8. The van der Waals surface area contributed by atoms with Gasteiger partial charge < -0.3 is 14.3 Å². The molecule has 0 unspecified atom stereocenters. The molecule has 1 N–H and O–H groups in total. The molecular weight excluding hydrogens is 347 g/mol. The molecule has 0 radical (unpaired) electrons. The van der Waals surface area contributed by atoms with Crippen LogP contribution >= 0.6 is 15.9 Å². The average Bonchev–Trinajstić information content (AvgIpc) is 2.69. The zero-order chi connectivity index (χ0) is 15.1. The van der Waals surface area contributed by atoms with Crippen molar-refractivity contribution in [1.82, 2.24) is 4.98 Å². The number of carbonyl (C=O) groups is 1. The zero-order valence-electron chi connectivity index (χ0n) is 9.92. The maximum absolute atomic E-state index is 13.0. The van der Waals surface area contributed by atoms with Gasteiger partial charge in [-0.05, 0) is 22.9 Å². The summed E-state index contributed by atoms with van der Waals surface area (Å²) in [7, 11) is 0. The summed E-state index contributed by atoms with van der Waals surface area (Å²) in [6, 6.07) is 0. The Morgan fingerprint density at radius 1 is 1.55 bits per heavy atom. The number of fused-ring (bicyclic) bond motifs is 1. The molecule has 0 fully saturated rings. The molecular formula is C11H7BrF3NO4. The highest BCUT2D eigenvalue weighted by molar-refractivity contribution is 9.10. The number of carboxylic acids is 1. The number of hydrogen-bond acceptors (Lipinski definition) is 4. The van der Waals surface area contributed by atoms with Gasteiger partial charge in [0.15, 0.2) is 17.0 Å². The maximum atomic E-state index is 13.0. The number of halogens is 4. The van der Waals surface area contributed by atoms with Crippen molar-refractivity contribution in [3.05, 3.63) is 22.1 Å². The van der Waals surface area contributed by atoms with Crippen LogP contribution in [-0.4, -0.2) is 22.7 Å². The number of furan rings is 1. The summed E-state index contributed by atoms with van der Waals surface area (Å²) in [6.45, 7) is 1.50. The molecule has 0 aliphatic heterocycles. The van der Waals surface area contributed by atoms with Gasteiger partial charge in [-0.1, -0.05) is 0 Å². The molecule has 108 valence electrons. The van der Waals surface area contributed by atoms with Crippen LogP contribution in [-0.2, 0) is 6.18 Å². The van der Waals surface area contributed by atoms with Crippen LogP contribution in [0.15, 0.2) is 15.1 Å². The Morgan fingerprint density at radius 2 is 2.20 bits per heavy atom. The van der Waals surface area contributed by atoms with Crippen molar-refractivity contribution < 1.29 is 32.2 Å². The Kier molecular flexibility index (Phi) is 3.63. The molecule has 0 bridgehead atoms. The number of nitrogens with zero attached hydrogens (tertiary/aromatic N) is 1. The van der Waals surface area contributed by atoms with E-state index in [4.69, 9.17) is 14.3 Å². The molecule has 2 heterocycles. The standard InChI is InChI=1S/C11H7BrF3NO4/c1-2-19-7-5-6(20-8(7)10(17)18)4(12)3-16-9(5)11(13,14)15/h3H,2H2,1H3,(H,17,18). The summed E-state index contributed by atoms with van der Waals surface area (Å²) in [5, 5.41) is 8.48. The largest absolute Gasteiger partial charge is 0.489 e. The van der Waals surface area contributed by atoms with Crippen molar-refractivity contribution in [3.63, 3.8) is 0 Å². The van der Waals surface area contributed by atoms with Crippen LogP contribution in [0, 0.1) is 0 Å². The Morgan fingerprint density at radius 3 is 2.70 bits per heavy atom. The van der Waals surface area contributed by atoms with Gasteiger partial charge >= 0.3 is 12.1 Å². The first-order valence-electron chi connectivity index (χ1n) is 5.31. The second kappa shape index (κ2) is 4.97. The third kappa shape index (κ3) is 2.33. The quantitative estimate of drug-likeness (QED) is 0.910. The fourth-order valence-electron chi connectivity index (χ4n) is 1.68. The van der Waals surface area contributed by atoms with E-state index in [1.807, 2.05) is 0 Å². The van der Waals surface area contributed by atoms with E-state index in [2.05, 4.69) is 20.9 Å². The fourth-order valence-corrected chi connectivity index (χ4v) is 2.06. The molecule has 0 saturated carbocycles. The van der Waals surface area contributed by atoms with Crippen molar-refractivity contribution in [1.29, 1.82) is 0 Å². The van der Waals surface area contributed by atoms with Crippen molar-refractivity contribution in [2.45, 2.75) is 13.1 Å². The second-order valence-electron chi connectivity index (χ2n) is 3.66. The first-order valence-corrected chi connectivity index (χ1v) is 6.11. The second-order valence-corrected chi connectivity index (χ2v) is 4.51. The molecule has 0 amide bonds. The Labute approximate surface area is 118 Å². The number of carboxylic acid groups (broad SMARTS) is 1. The Bertz CT molecular complexity index is 680. The Balaban J connectivity index is 2.91. The van der Waals surface area contributed by atoms with E-state index in [0.717, 1.165) is 6.20 Å². The highest BCUT2D eigenvalue weighted by Gasteiger charge is 2.39. The molecule has 0 saturated heterocycles. The van der Waals surface area contributed by atoms with Crippen molar-refractivity contribution >= 4 is 32.9 Å². The summed E-state index contributed by atoms with van der Waals surface area (Å²) in [5.41, 5.74) is -1.52. The van der Waals surface area contributed by atoms with Crippen LogP contribution in [0.3, 0.4) is 0 Å². The number of aromatic nitrogens is 1. The van der Waals surface area contributed by atoms with Crippen molar-refractivity contribution in [3.8, 4) is 5.75 Å². The zero-order valence-corrected chi connectivity index (χ0v) is 11.5. The third-order valence-electron chi connectivity index (χ3n) is 2.38. The molecule has 0 aromatic carbocycles. The van der Waals surface area contributed by atoms with E-state index in [1.165, 1.54) is 6.92 Å². The highest BCUT2D eigenvalue weighted by atomic mass is 79.9. The molecule has 9 heteroatoms. The van der Waals surface area contributed by atoms with Gasteiger partial charge in [0.1, 0.15) is 0 Å². The average molecular weight is 354 g/mol. The molecule has 0 aliphatic carbocycles. The molecule has 0 spiro atoms. The first kappa shape index (κ1) is 14.6. The fraction of sp³-hybridized carbons (Fsp3) is 0.273. The first-order chi connectivity index (χ1) is 9.27. The predicted octanol–water partition coefficient (Wildman–Crippen LogP) is 3.71. The number of aromatic carboxylic acids is 1. The van der Waals surface area contributed by atoms with Crippen molar-refractivity contribution in [2.75, 3.05) is 6.61 Å². The highest BCUT2D eigenvalue weighted by Crippen LogP contribution is 2.43. The van der Waals surface area contributed by atoms with Gasteiger partial charge in [0.2, 0.25) is 0 Å². The molecule has 2 rings (SSSR count). The van der Waals surface area contributed by atoms with E-state index in [1.54, 1.807) is 0 Å². The van der Waals surface area contributed by atoms with Crippen LogP contribution in [0.4, 0.5) is 13.2 Å². The van der Waals surface area contributed by atoms with Gasteiger partial charge in [-0.3, -0.25) is 0 Å². The van der Waals surface area contributed by atoms with Gasteiger partial charge in [0.25, 0.3) is 5.76 Å². The van der Waals surface area contributed by atoms with Gasteiger partial charge in [-0.2, -0.15) is 13.2 Å². The summed E-state index contributed by atoms with van der Waals surface area (Å²) < 4.78 is 49.0. The summed E-state index contributed by atoms with van der Waals surface area (Å²) in [5.74, 6) is -2.69. The summed E-state index contributed by atoms with van der Waals surface area (Å²) >= 11 is 2.97. The lowest BCUT2D eigenvalue weighted by Gasteiger charge is -2.08. The van der Waals surface area contributed by atoms with Crippen LogP contribution in [0.25, 0.3) is 11.0 Å². The molecule has 5 nitrogen and oxygen atoms in total. The van der Waals surface area contributed by atoms with Gasteiger partial charge in [-0.15, -0.1) is 0 Å². The monoisotopic (exact) mass is 353 g/mol. The van der Waals surface area contributed by atoms with Gasteiger partial charge in [-0.25, -0.2) is 9.78 Å². The van der Waals surface area contributed by atoms with Gasteiger partial charge in [0, 0.05) is 6.20 Å². The number of rotatable bonds is 3. The van der Waals surface area contributed by atoms with Crippen molar-refractivity contribution in [2.24, 2.45) is 0 Å². The lowest BCUT2D eigenvalue weighted by molar-refractivity contribution is -0.139. The lowest BCUT2D eigenvalue weighted by atomic mass is 10.2. The van der Waals surface area contributed by atoms with E-state index >= 15 is 0 Å². The number of hydrogen-bond donors (Lipinski definition) is 1. The van der Waals surface area contributed by atoms with Gasteiger partial charge in [0.05, 0.1) is 16.5 Å². The van der Waals surface area contributed by atoms with E-state index in [0.29, 0.717) is 0 Å². The lowest BCUT2D eigenvalue weighted by Crippen LogP contribution is -2.09. The maximum Gasteiger partial charge on any atom is 0.434 e. The smallest absolute Gasteiger partial charge is 0.434 e. The molecule has 2 aromatic heterocycles. The number of ether oxygens (including phenoxy) is 1. The molecule has 20 heavy (non-hydrogen) atoms. The van der Waals surface area contributed by atoms with Crippen LogP contribution in [0.2, 0.25) is 0 Å².